The van der Waals surface area contributed by atoms with Crippen molar-refractivity contribution < 1.29 is 0 Å². The molecule has 0 spiro atoms. The van der Waals surface area contributed by atoms with E-state index in [0.29, 0.717) is 5.92 Å². The van der Waals surface area contributed by atoms with Crippen molar-refractivity contribution >= 4 is 0 Å². The molecule has 0 heterocycles. The van der Waals surface area contributed by atoms with Gasteiger partial charge in [0, 0.05) is 5.92 Å². The van der Waals surface area contributed by atoms with Crippen molar-refractivity contribution in [3.8, 4) is 0 Å². The van der Waals surface area contributed by atoms with E-state index in [1.54, 1.807) is 0 Å². The van der Waals surface area contributed by atoms with Crippen LogP contribution < -0.4 is 0 Å². The molecule has 0 aromatic heterocycles. The van der Waals surface area contributed by atoms with Crippen LogP contribution in [0.2, 0.25) is 0 Å². The van der Waals surface area contributed by atoms with E-state index < -0.39 is 0 Å². The summed E-state index contributed by atoms with van der Waals surface area (Å²) < 4.78 is 0. The number of hydrogen-bond donors (Lipinski definition) is 0. The first-order chi connectivity index (χ1) is 12.7. The summed E-state index contributed by atoms with van der Waals surface area (Å²) in [6.07, 6.45) is 1.03. The summed E-state index contributed by atoms with van der Waals surface area (Å²) in [5.41, 5.74) is 6.78. The van der Waals surface area contributed by atoms with Crippen molar-refractivity contribution in [3.05, 3.63) is 107 Å². The minimum absolute atomic E-state index is 0.406. The van der Waals surface area contributed by atoms with Crippen LogP contribution in [0.1, 0.15) is 61.4 Å². The van der Waals surface area contributed by atoms with Gasteiger partial charge in [0.15, 0.2) is 0 Å². The van der Waals surface area contributed by atoms with Gasteiger partial charge in [0.2, 0.25) is 0 Å². The SMILES string of the molecule is CC.CC.Cc1ccc(C(Cc2ccccc2)c2ccc(C)cc2)cc1. The molecule has 0 N–H and O–H groups in total. The Labute approximate surface area is 160 Å². The maximum atomic E-state index is 2.27. The van der Waals surface area contributed by atoms with Crippen LogP contribution in [-0.2, 0) is 6.42 Å². The molecule has 0 aliphatic carbocycles. The fraction of sp³-hybridized carbons (Fsp3) is 0.308. The zero-order valence-electron chi connectivity index (χ0n) is 17.3. The van der Waals surface area contributed by atoms with Crippen LogP contribution in [0, 0.1) is 13.8 Å². The number of aryl methyl sites for hydroxylation is 2. The van der Waals surface area contributed by atoms with Gasteiger partial charge in [-0.25, -0.2) is 0 Å². The number of benzene rings is 3. The highest BCUT2D eigenvalue weighted by Gasteiger charge is 2.14. The molecule has 3 aromatic rings. The molecule has 0 radical (unpaired) electrons. The Morgan fingerprint density at radius 2 is 0.923 bits per heavy atom. The normalized spacial score (nSPS) is 9.65. The molecule has 0 atom stereocenters. The van der Waals surface area contributed by atoms with Gasteiger partial charge in [-0.15, -0.1) is 0 Å². The highest BCUT2D eigenvalue weighted by Crippen LogP contribution is 2.29. The van der Waals surface area contributed by atoms with Crippen molar-refractivity contribution in [1.82, 2.24) is 0 Å². The fourth-order valence-corrected chi connectivity index (χ4v) is 2.88. The maximum Gasteiger partial charge on any atom is 0.0130 e. The average molecular weight is 347 g/mol. The summed E-state index contributed by atoms with van der Waals surface area (Å²) in [5.74, 6) is 0.406. The molecule has 0 nitrogen and oxygen atoms in total. The van der Waals surface area contributed by atoms with Gasteiger partial charge in [-0.3, -0.25) is 0 Å². The molecular weight excluding hydrogens is 312 g/mol. The van der Waals surface area contributed by atoms with Gasteiger partial charge in [-0.2, -0.15) is 0 Å². The van der Waals surface area contributed by atoms with E-state index in [2.05, 4.69) is 92.7 Å². The first kappa shape index (κ1) is 21.7. The van der Waals surface area contributed by atoms with E-state index in [0.717, 1.165) is 6.42 Å². The van der Waals surface area contributed by atoms with Gasteiger partial charge in [-0.05, 0) is 37.0 Å². The Bertz CT molecular complexity index is 661. The van der Waals surface area contributed by atoms with Crippen LogP contribution in [0.25, 0.3) is 0 Å². The Balaban J connectivity index is 0.000000791. The monoisotopic (exact) mass is 346 g/mol. The van der Waals surface area contributed by atoms with Crippen LogP contribution in [0.3, 0.4) is 0 Å². The summed E-state index contributed by atoms with van der Waals surface area (Å²) in [5, 5.41) is 0. The first-order valence-corrected chi connectivity index (χ1v) is 9.89. The molecule has 3 rings (SSSR count). The Hall–Kier alpha value is -2.34. The second kappa shape index (κ2) is 12.1. The molecule has 138 valence electrons. The van der Waals surface area contributed by atoms with Crippen molar-refractivity contribution in [2.45, 2.75) is 53.9 Å². The van der Waals surface area contributed by atoms with Crippen molar-refractivity contribution in [1.29, 1.82) is 0 Å². The third-order valence-corrected chi connectivity index (χ3v) is 4.24. The molecule has 26 heavy (non-hydrogen) atoms. The molecule has 0 aliphatic heterocycles. The largest absolute Gasteiger partial charge is 0.0683 e. The van der Waals surface area contributed by atoms with E-state index in [1.807, 2.05) is 27.7 Å². The molecule has 0 bridgehead atoms. The summed E-state index contributed by atoms with van der Waals surface area (Å²) in [4.78, 5) is 0. The number of rotatable bonds is 4. The fourth-order valence-electron chi connectivity index (χ4n) is 2.88. The summed E-state index contributed by atoms with van der Waals surface area (Å²) >= 11 is 0. The quantitative estimate of drug-likeness (QED) is 0.453. The van der Waals surface area contributed by atoms with Crippen LogP contribution in [0.15, 0.2) is 78.9 Å². The number of hydrogen-bond acceptors (Lipinski definition) is 0. The third kappa shape index (κ3) is 6.52. The molecule has 0 saturated carbocycles. The average Bonchev–Trinajstić information content (AvgIpc) is 2.72. The summed E-state index contributed by atoms with van der Waals surface area (Å²) in [6, 6.07) is 28.7. The Kier molecular flexibility index (Phi) is 10.1. The molecule has 0 heteroatoms. The minimum Gasteiger partial charge on any atom is -0.0683 e. The van der Waals surface area contributed by atoms with E-state index in [4.69, 9.17) is 0 Å². The van der Waals surface area contributed by atoms with Crippen LogP contribution in [-0.4, -0.2) is 0 Å². The first-order valence-electron chi connectivity index (χ1n) is 9.89. The van der Waals surface area contributed by atoms with Crippen molar-refractivity contribution in [3.63, 3.8) is 0 Å². The van der Waals surface area contributed by atoms with Crippen LogP contribution in [0.5, 0.6) is 0 Å². The Morgan fingerprint density at radius 1 is 0.538 bits per heavy atom. The van der Waals surface area contributed by atoms with Gasteiger partial charge >= 0.3 is 0 Å². The second-order valence-corrected chi connectivity index (χ2v) is 6.06. The van der Waals surface area contributed by atoms with Crippen LogP contribution in [0.4, 0.5) is 0 Å². The van der Waals surface area contributed by atoms with E-state index in [-0.39, 0.29) is 0 Å². The minimum atomic E-state index is 0.406. The van der Waals surface area contributed by atoms with Gasteiger partial charge in [0.25, 0.3) is 0 Å². The van der Waals surface area contributed by atoms with Crippen LogP contribution >= 0.6 is 0 Å². The second-order valence-electron chi connectivity index (χ2n) is 6.06. The predicted molar refractivity (Wildman–Crippen MR) is 117 cm³/mol. The van der Waals surface area contributed by atoms with Crippen molar-refractivity contribution in [2.75, 3.05) is 0 Å². The third-order valence-electron chi connectivity index (χ3n) is 4.24. The smallest absolute Gasteiger partial charge is 0.0130 e. The van der Waals surface area contributed by atoms with Gasteiger partial charge in [-0.1, -0.05) is 118 Å². The van der Waals surface area contributed by atoms with E-state index in [1.165, 1.54) is 27.8 Å². The summed E-state index contributed by atoms with van der Waals surface area (Å²) in [6.45, 7) is 12.3. The zero-order chi connectivity index (χ0) is 19.4. The van der Waals surface area contributed by atoms with E-state index >= 15 is 0 Å². The maximum absolute atomic E-state index is 2.27. The molecule has 0 aliphatic rings. The predicted octanol–water partition coefficient (Wildman–Crippen LogP) is 7.73. The van der Waals surface area contributed by atoms with Gasteiger partial charge < -0.3 is 0 Å². The lowest BCUT2D eigenvalue weighted by atomic mass is 9.85. The molecule has 0 fully saturated rings. The molecule has 0 saturated heterocycles. The van der Waals surface area contributed by atoms with Gasteiger partial charge in [0.05, 0.1) is 0 Å². The Morgan fingerprint density at radius 3 is 1.31 bits per heavy atom. The highest BCUT2D eigenvalue weighted by atomic mass is 14.2. The topological polar surface area (TPSA) is 0 Å². The molecule has 0 unspecified atom stereocenters. The lowest BCUT2D eigenvalue weighted by molar-refractivity contribution is 0.804. The van der Waals surface area contributed by atoms with Crippen molar-refractivity contribution in [2.24, 2.45) is 0 Å². The standard InChI is InChI=1S/C22H22.2C2H6/c1-17-8-12-20(13-9-17)22(16-19-6-4-3-5-7-19)21-14-10-18(2)11-15-21;2*1-2/h3-15,22H,16H2,1-2H3;2*1-2H3. The lowest BCUT2D eigenvalue weighted by Crippen LogP contribution is -2.05. The summed E-state index contributed by atoms with van der Waals surface area (Å²) in [7, 11) is 0. The lowest BCUT2D eigenvalue weighted by Gasteiger charge is -2.19. The molecule has 0 amide bonds. The zero-order valence-corrected chi connectivity index (χ0v) is 17.3. The van der Waals surface area contributed by atoms with Gasteiger partial charge in [0.1, 0.15) is 0 Å². The molecule has 3 aromatic carbocycles. The van der Waals surface area contributed by atoms with E-state index in [9.17, 15) is 0 Å². The highest BCUT2D eigenvalue weighted by molar-refractivity contribution is 5.37. The molecular formula is C26H34.